The monoisotopic (exact) mass is 512 g/mol. The average Bonchev–Trinajstić information content (AvgIpc) is 3.12. The van der Waals surface area contributed by atoms with Crippen molar-refractivity contribution in [3.63, 3.8) is 0 Å². The molecule has 5 nitrogen and oxygen atoms in total. The summed E-state index contributed by atoms with van der Waals surface area (Å²) in [5.74, 6) is 0.763. The fourth-order valence-corrected chi connectivity index (χ4v) is 5.13. The molecule has 0 saturated heterocycles. The highest BCUT2D eigenvalue weighted by Gasteiger charge is 2.11. The van der Waals surface area contributed by atoms with E-state index >= 15 is 0 Å². The van der Waals surface area contributed by atoms with E-state index in [1.54, 1.807) is 6.07 Å². The first-order chi connectivity index (χ1) is 13.1. The number of nitrogens with one attached hydrogen (secondary N) is 3. The number of anilines is 2. The molecule has 0 fully saturated rings. The van der Waals surface area contributed by atoms with Crippen molar-refractivity contribution >= 4 is 64.9 Å². The van der Waals surface area contributed by atoms with Crippen molar-refractivity contribution in [1.82, 2.24) is 4.98 Å². The Morgan fingerprint density at radius 3 is 2.93 bits per heavy atom. The number of rotatable bonds is 4. The maximum atomic E-state index is 11.6. The van der Waals surface area contributed by atoms with Crippen LogP contribution in [0.25, 0.3) is 10.2 Å². The zero-order chi connectivity index (χ0) is 19.2. The number of hydrogen-bond acceptors (Lipinski definition) is 5. The number of nitrogens with two attached hydrogens (primary N) is 1. The van der Waals surface area contributed by atoms with Crippen molar-refractivity contribution in [2.45, 2.75) is 19.3 Å². The fourth-order valence-electron chi connectivity index (χ4n) is 2.91. The van der Waals surface area contributed by atoms with Gasteiger partial charge in [-0.05, 0) is 70.9 Å². The molecule has 0 spiro atoms. The van der Waals surface area contributed by atoms with Crippen LogP contribution in [-0.2, 0) is 6.42 Å². The molecular formula is C19H22Br2N4OS. The third-order valence-electron chi connectivity index (χ3n) is 4.19. The Balaban J connectivity index is 0.000000159. The summed E-state index contributed by atoms with van der Waals surface area (Å²) in [5.41, 5.74) is 9.01. The van der Waals surface area contributed by atoms with E-state index in [-0.39, 0.29) is 5.43 Å². The highest BCUT2D eigenvalue weighted by atomic mass is 79.9. The van der Waals surface area contributed by atoms with Gasteiger partial charge in [0.2, 0.25) is 5.43 Å². The van der Waals surface area contributed by atoms with E-state index in [4.69, 9.17) is 5.73 Å². The van der Waals surface area contributed by atoms with Crippen LogP contribution in [0, 0.1) is 0 Å². The van der Waals surface area contributed by atoms with Gasteiger partial charge in [0.15, 0.2) is 0 Å². The lowest BCUT2D eigenvalue weighted by Gasteiger charge is -2.19. The predicted octanol–water partition coefficient (Wildman–Crippen LogP) is 4.92. The molecule has 0 radical (unpaired) electrons. The fraction of sp³-hybridized carbons (Fsp3) is 0.316. The average molecular weight is 514 g/mol. The molecule has 0 unspecified atom stereocenters. The highest BCUT2D eigenvalue weighted by Crippen LogP contribution is 2.33. The van der Waals surface area contributed by atoms with Gasteiger partial charge in [0.25, 0.3) is 0 Å². The van der Waals surface area contributed by atoms with Crippen LogP contribution in [0.15, 0.2) is 43.4 Å². The Kier molecular flexibility index (Phi) is 7.34. The maximum absolute atomic E-state index is 11.6. The van der Waals surface area contributed by atoms with Gasteiger partial charge in [0.1, 0.15) is 5.82 Å². The number of benzene rings is 1. The summed E-state index contributed by atoms with van der Waals surface area (Å²) >= 11 is 8.48. The number of aromatic nitrogens is 1. The first-order valence-corrected chi connectivity index (χ1v) is 11.3. The van der Waals surface area contributed by atoms with Crippen molar-refractivity contribution in [1.29, 1.82) is 0 Å². The Bertz CT molecular complexity index is 970. The normalized spacial score (nSPS) is 12.7. The standard InChI is InChI=1S/C10H13N3OS.C9H9Br2N/c11-3-1-4-12-9-6-8(14)10-7(13-9)2-5-15-10;10-7-4-6-2-1-3-12-9(6)8(11)5-7/h2,5-6H,1,3-4,11H2,(H2,12,13,14);4-5,12H,1-3H2. The smallest absolute Gasteiger partial charge is 0.201 e. The van der Waals surface area contributed by atoms with E-state index in [2.05, 4.69) is 59.6 Å². The third kappa shape index (κ3) is 5.34. The van der Waals surface area contributed by atoms with E-state index in [0.29, 0.717) is 6.54 Å². The second-order valence-corrected chi connectivity index (χ2v) is 8.92. The lowest BCUT2D eigenvalue weighted by Crippen LogP contribution is -2.11. The van der Waals surface area contributed by atoms with E-state index in [1.807, 2.05) is 11.4 Å². The number of aryl methyl sites for hydroxylation is 1. The van der Waals surface area contributed by atoms with Gasteiger partial charge in [-0.2, -0.15) is 0 Å². The first kappa shape index (κ1) is 20.4. The van der Waals surface area contributed by atoms with Gasteiger partial charge >= 0.3 is 0 Å². The Labute approximate surface area is 179 Å². The van der Waals surface area contributed by atoms with Crippen LogP contribution in [-0.4, -0.2) is 24.6 Å². The summed E-state index contributed by atoms with van der Waals surface area (Å²) in [7, 11) is 0. The van der Waals surface area contributed by atoms with E-state index < -0.39 is 0 Å². The Hall–Kier alpha value is -1.35. The van der Waals surface area contributed by atoms with E-state index in [9.17, 15) is 4.79 Å². The number of pyridine rings is 1. The molecule has 0 bridgehead atoms. The molecule has 2 aromatic heterocycles. The molecule has 0 amide bonds. The highest BCUT2D eigenvalue weighted by molar-refractivity contribution is 9.11. The van der Waals surface area contributed by atoms with Gasteiger partial charge in [0.05, 0.1) is 15.9 Å². The predicted molar refractivity (Wildman–Crippen MR) is 123 cm³/mol. The SMILES string of the molecule is Brc1cc(Br)c2c(c1)CCCN2.NCCCNc1cc(=O)c2sccc2[nH]1. The molecule has 4 rings (SSSR count). The van der Waals surface area contributed by atoms with Crippen molar-refractivity contribution < 1.29 is 0 Å². The number of thiophene rings is 1. The molecule has 8 heteroatoms. The maximum Gasteiger partial charge on any atom is 0.201 e. The van der Waals surface area contributed by atoms with Gasteiger partial charge in [0, 0.05) is 28.1 Å². The van der Waals surface area contributed by atoms with Gasteiger partial charge in [-0.15, -0.1) is 11.3 Å². The van der Waals surface area contributed by atoms with Gasteiger partial charge in [-0.1, -0.05) is 15.9 Å². The van der Waals surface area contributed by atoms with Crippen LogP contribution >= 0.6 is 43.2 Å². The molecule has 144 valence electrons. The number of H-pyrrole nitrogens is 1. The van der Waals surface area contributed by atoms with Crippen molar-refractivity contribution in [3.8, 4) is 0 Å². The number of aromatic amines is 1. The molecule has 5 N–H and O–H groups in total. The molecule has 1 aliphatic heterocycles. The molecule has 1 aromatic carbocycles. The molecular weight excluding hydrogens is 492 g/mol. The molecule has 27 heavy (non-hydrogen) atoms. The quantitative estimate of drug-likeness (QED) is 0.373. The summed E-state index contributed by atoms with van der Waals surface area (Å²) in [6.45, 7) is 2.52. The minimum absolute atomic E-state index is 0.0639. The molecule has 3 aromatic rings. The Morgan fingerprint density at radius 2 is 2.11 bits per heavy atom. The molecule has 3 heterocycles. The lowest BCUT2D eigenvalue weighted by molar-refractivity contribution is 0.828. The number of halogens is 2. The summed E-state index contributed by atoms with van der Waals surface area (Å²) in [5, 5.41) is 8.44. The summed E-state index contributed by atoms with van der Waals surface area (Å²) in [4.78, 5) is 14.8. The van der Waals surface area contributed by atoms with E-state index in [0.717, 1.165) is 44.5 Å². The van der Waals surface area contributed by atoms with Gasteiger partial charge in [-0.25, -0.2) is 0 Å². The first-order valence-electron chi connectivity index (χ1n) is 8.84. The van der Waals surface area contributed by atoms with Crippen LogP contribution in [0.2, 0.25) is 0 Å². The Morgan fingerprint density at radius 1 is 1.26 bits per heavy atom. The van der Waals surface area contributed by atoms with Gasteiger partial charge in [-0.3, -0.25) is 4.79 Å². The summed E-state index contributed by atoms with van der Waals surface area (Å²) < 4.78 is 3.09. The van der Waals surface area contributed by atoms with Crippen molar-refractivity contribution in [2.75, 3.05) is 30.3 Å². The van der Waals surface area contributed by atoms with E-state index in [1.165, 1.54) is 35.4 Å². The zero-order valence-corrected chi connectivity index (χ0v) is 18.8. The minimum Gasteiger partial charge on any atom is -0.384 e. The molecule has 0 aliphatic carbocycles. The lowest BCUT2D eigenvalue weighted by atomic mass is 10.0. The van der Waals surface area contributed by atoms with Crippen LogP contribution in [0.4, 0.5) is 11.5 Å². The van der Waals surface area contributed by atoms with Crippen molar-refractivity contribution in [2.24, 2.45) is 5.73 Å². The molecule has 1 aliphatic rings. The summed E-state index contributed by atoms with van der Waals surface area (Å²) in [6.07, 6.45) is 3.31. The van der Waals surface area contributed by atoms with Crippen LogP contribution in [0.3, 0.4) is 0 Å². The zero-order valence-electron chi connectivity index (χ0n) is 14.8. The molecule has 0 atom stereocenters. The van der Waals surface area contributed by atoms with Crippen LogP contribution in [0.5, 0.6) is 0 Å². The largest absolute Gasteiger partial charge is 0.384 e. The number of fused-ring (bicyclic) bond motifs is 2. The topological polar surface area (TPSA) is 82.9 Å². The number of hydrogen-bond donors (Lipinski definition) is 4. The summed E-state index contributed by atoms with van der Waals surface area (Å²) in [6, 6.07) is 7.77. The van der Waals surface area contributed by atoms with Crippen LogP contribution in [0.1, 0.15) is 18.4 Å². The third-order valence-corrected chi connectivity index (χ3v) is 6.20. The second kappa shape index (κ2) is 9.73. The molecule has 0 saturated carbocycles. The van der Waals surface area contributed by atoms with Crippen molar-refractivity contribution in [3.05, 3.63) is 54.4 Å². The van der Waals surface area contributed by atoms with Gasteiger partial charge < -0.3 is 21.4 Å². The minimum atomic E-state index is 0.0639. The second-order valence-electron chi connectivity index (χ2n) is 6.23. The van der Waals surface area contributed by atoms with Crippen LogP contribution < -0.4 is 21.8 Å².